The summed E-state index contributed by atoms with van der Waals surface area (Å²) in [5, 5.41) is 27.2. The summed E-state index contributed by atoms with van der Waals surface area (Å²) in [5.41, 5.74) is 2.55. The van der Waals surface area contributed by atoms with E-state index in [0.29, 0.717) is 102 Å². The molecule has 4 saturated heterocycles. The van der Waals surface area contributed by atoms with Gasteiger partial charge in [-0.05, 0) is 124 Å². The molecule has 11 amide bonds. The fourth-order valence-corrected chi connectivity index (χ4v) is 15.5. The highest BCUT2D eigenvalue weighted by atomic mass is 32.2. The van der Waals surface area contributed by atoms with Gasteiger partial charge in [-0.25, -0.2) is 4.79 Å². The van der Waals surface area contributed by atoms with Gasteiger partial charge in [0.1, 0.15) is 60.1 Å². The largest absolute Gasteiger partial charge is 0.508 e. The van der Waals surface area contributed by atoms with Crippen LogP contribution in [-0.4, -0.2) is 225 Å². The topological polar surface area (TPSA) is 335 Å². The Morgan fingerprint density at radius 1 is 0.602 bits per heavy atom. The molecular formula is C76H106N12O14S. The number of methoxy groups -OCH3 is 1. The molecule has 5 aliphatic heterocycles. The van der Waals surface area contributed by atoms with E-state index in [9.17, 15) is 57.8 Å². The van der Waals surface area contributed by atoms with Gasteiger partial charge in [-0.3, -0.25) is 57.7 Å². The number of ether oxygens (including phenoxy) is 1. The smallest absolute Gasteiger partial charge is 0.328 e. The summed E-state index contributed by atoms with van der Waals surface area (Å²) >= 11 is 1.37. The normalized spacial score (nSPS) is 20.4. The quantitative estimate of drug-likeness (QED) is 0.0322. The molecule has 0 saturated carbocycles. The maximum atomic E-state index is 15.0. The Morgan fingerprint density at radius 2 is 1.18 bits per heavy atom. The average Bonchev–Trinajstić information content (AvgIpc) is 1.67. The van der Waals surface area contributed by atoms with Crippen molar-refractivity contribution < 1.29 is 67.4 Å². The summed E-state index contributed by atoms with van der Waals surface area (Å²) in [4.78, 5) is 181. The second kappa shape index (κ2) is 38.6. The summed E-state index contributed by atoms with van der Waals surface area (Å²) in [7, 11) is 2.77. The molecule has 11 atom stereocenters. The number of hydrogen-bond acceptors (Lipinski definition) is 16. The fraction of sp³-hybridized carbons (Fsp3) is 0.592. The number of rotatable bonds is 34. The van der Waals surface area contributed by atoms with Crippen LogP contribution in [0.4, 0.5) is 0 Å². The van der Waals surface area contributed by atoms with Crippen LogP contribution in [0.5, 0.6) is 5.75 Å². The standard InChI is InChI=1S/C76H106N12O14S/c1-9-49(6)66(70(96)80-55(43-51-22-12-10-13-23-51)73(98)88-41-21-30-60(88)76(101)102-8)83-68(94)57-27-18-38-85(57)72(97)54(42-47(2)3)79-67(93)56-46-103-71(81-56)58-28-19-39-86(58)74(99)59-29-20-40-87(59)75(100)61(44-52-24-14-11-15-25-52)84(7)64(92)45-78-69(95)65(48(4)5)82-63(91)32-17-37-77-62(90)31-16-26-50-33-35-53(89)36-34-50/h10-15,22-25,33-36,47-49,54-61,65-66,89H,9,16-21,26-32,37-46H2,1-8H3,(H,77,90)(H,78,95)(H,79,93)(H,80,96)(H,82,91)(H,83,94)/t49-,54+,55+,56?,57-,58-,59-,60-,61+,65-,66-/m0/s1. The van der Waals surface area contributed by atoms with Crippen molar-refractivity contribution in [3.05, 3.63) is 102 Å². The van der Waals surface area contributed by atoms with Crippen molar-refractivity contribution in [2.75, 3.05) is 59.2 Å². The Labute approximate surface area is 609 Å². The molecule has 27 heteroatoms. The maximum Gasteiger partial charge on any atom is 0.328 e. The third-order valence-corrected chi connectivity index (χ3v) is 21.4. The lowest BCUT2D eigenvalue weighted by atomic mass is 9.96. The number of carbonyl (C=O) groups excluding carboxylic acids is 12. The SMILES string of the molecule is CC[C@H](C)[C@H](NC(=O)[C@@H]1CCCN1C(=O)[C@@H](CC(C)C)NC(=O)C1CSC([C@@H]2CCCN2C(=O)[C@@H]2CCCN2C(=O)[C@@H](Cc2ccccc2)N(C)C(=O)CNC(=O)[C@@H](NC(=O)CCCNC(=O)CCCc2ccc(O)cc2)C(C)C)=N1)C(=O)N[C@H](Cc1ccccc1)C(=O)N1CCC[C@H]1C(=O)OC. The van der Waals surface area contributed by atoms with Crippen LogP contribution in [0, 0.1) is 17.8 Å². The van der Waals surface area contributed by atoms with Crippen molar-refractivity contribution in [1.29, 1.82) is 0 Å². The minimum Gasteiger partial charge on any atom is -0.508 e. The van der Waals surface area contributed by atoms with Gasteiger partial charge in [0.15, 0.2) is 0 Å². The lowest BCUT2D eigenvalue weighted by Gasteiger charge is -2.35. The molecule has 7 N–H and O–H groups in total. The fourth-order valence-electron chi connectivity index (χ4n) is 14.3. The molecule has 3 aromatic carbocycles. The van der Waals surface area contributed by atoms with Crippen LogP contribution in [-0.2, 0) is 81.5 Å². The molecule has 103 heavy (non-hydrogen) atoms. The second-order valence-electron chi connectivity index (χ2n) is 28.6. The second-order valence-corrected chi connectivity index (χ2v) is 29.6. The third-order valence-electron chi connectivity index (χ3n) is 20.3. The summed E-state index contributed by atoms with van der Waals surface area (Å²) in [6.45, 7) is 12.1. The van der Waals surface area contributed by atoms with Crippen molar-refractivity contribution in [2.24, 2.45) is 22.7 Å². The number of aromatic hydroxyl groups is 1. The number of thioether (sulfide) groups is 1. The highest BCUT2D eigenvalue weighted by Gasteiger charge is 2.47. The number of nitrogens with zero attached hydrogens (tertiary/aromatic N) is 6. The number of benzene rings is 3. The molecule has 560 valence electrons. The zero-order valence-electron chi connectivity index (χ0n) is 60.9. The molecule has 5 aliphatic rings. The minimum absolute atomic E-state index is 0.0413. The van der Waals surface area contributed by atoms with Gasteiger partial charge in [0.05, 0.1) is 24.7 Å². The highest BCUT2D eigenvalue weighted by Crippen LogP contribution is 2.33. The van der Waals surface area contributed by atoms with Crippen LogP contribution in [0.25, 0.3) is 0 Å². The summed E-state index contributed by atoms with van der Waals surface area (Å²) in [6.07, 6.45) is 6.85. The maximum absolute atomic E-state index is 15.0. The van der Waals surface area contributed by atoms with E-state index in [0.717, 1.165) is 16.7 Å². The van der Waals surface area contributed by atoms with E-state index >= 15 is 4.79 Å². The first-order valence-corrected chi connectivity index (χ1v) is 37.7. The first-order valence-electron chi connectivity index (χ1n) is 36.7. The summed E-state index contributed by atoms with van der Waals surface area (Å²) < 4.78 is 5.02. The predicted octanol–water partition coefficient (Wildman–Crippen LogP) is 4.38. The van der Waals surface area contributed by atoms with Gasteiger partial charge < -0.3 is 66.2 Å². The number of phenols is 1. The zero-order chi connectivity index (χ0) is 74.4. The Hall–Kier alpha value is -8.88. The minimum atomic E-state index is -1.10. The predicted molar refractivity (Wildman–Crippen MR) is 389 cm³/mol. The van der Waals surface area contributed by atoms with Gasteiger partial charge in [0.25, 0.3) is 0 Å². The monoisotopic (exact) mass is 1440 g/mol. The Morgan fingerprint density at radius 3 is 1.82 bits per heavy atom. The van der Waals surface area contributed by atoms with Gasteiger partial charge in [0.2, 0.25) is 65.0 Å². The Bertz CT molecular complexity index is 3490. The molecule has 5 heterocycles. The Kier molecular flexibility index (Phi) is 29.9. The van der Waals surface area contributed by atoms with Gasteiger partial charge >= 0.3 is 5.97 Å². The first kappa shape index (κ1) is 79.8. The zero-order valence-corrected chi connectivity index (χ0v) is 61.7. The van der Waals surface area contributed by atoms with Gasteiger partial charge in [0, 0.05) is 71.2 Å². The third kappa shape index (κ3) is 21.8. The number of nitrogens with one attached hydrogen (secondary N) is 6. The number of hydrogen-bond donors (Lipinski definition) is 7. The number of aliphatic imine (C=N–C) groups is 1. The molecule has 0 bridgehead atoms. The number of aryl methyl sites for hydroxylation is 1. The van der Waals surface area contributed by atoms with E-state index in [1.165, 1.54) is 40.6 Å². The molecule has 26 nitrogen and oxygen atoms in total. The van der Waals surface area contributed by atoms with Gasteiger partial charge in [-0.2, -0.15) is 0 Å². The van der Waals surface area contributed by atoms with Gasteiger partial charge in [-0.15, -0.1) is 11.8 Å². The molecule has 0 aliphatic carbocycles. The average molecular weight is 1440 g/mol. The van der Waals surface area contributed by atoms with Gasteiger partial charge in [-0.1, -0.05) is 121 Å². The molecule has 0 aromatic heterocycles. The van der Waals surface area contributed by atoms with E-state index in [2.05, 4.69) is 31.9 Å². The summed E-state index contributed by atoms with van der Waals surface area (Å²) in [5.74, 6) is -5.85. The van der Waals surface area contributed by atoms with E-state index in [1.54, 1.807) is 35.8 Å². The van der Waals surface area contributed by atoms with Crippen molar-refractivity contribution in [2.45, 2.75) is 211 Å². The number of amides is 11. The lowest BCUT2D eigenvalue weighted by Crippen LogP contribution is -2.60. The van der Waals surface area contributed by atoms with Crippen LogP contribution < -0.4 is 31.9 Å². The first-order chi connectivity index (χ1) is 49.4. The van der Waals surface area contributed by atoms with Crippen molar-refractivity contribution in [3.63, 3.8) is 0 Å². The molecule has 4 fully saturated rings. The van der Waals surface area contributed by atoms with E-state index in [4.69, 9.17) is 9.73 Å². The molecule has 1 unspecified atom stereocenters. The lowest BCUT2D eigenvalue weighted by molar-refractivity contribution is -0.152. The van der Waals surface area contributed by atoms with Crippen LogP contribution in [0.15, 0.2) is 89.9 Å². The molecule has 0 spiro atoms. The number of phenolic OH excluding ortho intramolecular Hbond substituents is 1. The van der Waals surface area contributed by atoms with Crippen LogP contribution in [0.3, 0.4) is 0 Å². The van der Waals surface area contributed by atoms with E-state index < -0.39 is 132 Å². The Balaban J connectivity index is 0.861. The highest BCUT2D eigenvalue weighted by molar-refractivity contribution is 8.14. The van der Waals surface area contributed by atoms with Crippen molar-refractivity contribution in [3.8, 4) is 5.75 Å². The number of esters is 1. The van der Waals surface area contributed by atoms with Crippen LogP contribution >= 0.6 is 11.8 Å². The molecule has 3 aromatic rings. The van der Waals surface area contributed by atoms with Crippen LogP contribution in [0.2, 0.25) is 0 Å². The number of likely N-dealkylation sites (N-methyl/N-ethyl adjacent to an activating group) is 1. The number of likely N-dealkylation sites (tertiary alicyclic amines) is 4. The van der Waals surface area contributed by atoms with E-state index in [1.807, 2.05) is 100 Å². The van der Waals surface area contributed by atoms with Crippen molar-refractivity contribution in [1.82, 2.24) is 56.4 Å². The number of carbonyl (C=O) groups is 12. The van der Waals surface area contributed by atoms with Crippen LogP contribution in [0.1, 0.15) is 148 Å². The molecule has 0 radical (unpaired) electrons. The molecular weight excluding hydrogens is 1340 g/mol. The van der Waals surface area contributed by atoms with E-state index in [-0.39, 0.29) is 80.5 Å². The summed E-state index contributed by atoms with van der Waals surface area (Å²) in [6, 6.07) is 15.9. The molecule has 8 rings (SSSR count). The van der Waals surface area contributed by atoms with Crippen molar-refractivity contribution >= 4 is 87.8 Å².